The maximum Gasteiger partial charge on any atom is 0.271 e. The van der Waals surface area contributed by atoms with Crippen molar-refractivity contribution in [3.8, 4) is 0 Å². The van der Waals surface area contributed by atoms with E-state index in [2.05, 4.69) is 15.2 Å². The Labute approximate surface area is 167 Å². The molecule has 3 aromatic carbocycles. The molecule has 3 aromatic rings. The van der Waals surface area contributed by atoms with Crippen LogP contribution in [0.25, 0.3) is 0 Å². The lowest BCUT2D eigenvalue weighted by atomic mass is 10.2. The van der Waals surface area contributed by atoms with Gasteiger partial charge in [-0.1, -0.05) is 48.0 Å². The Balaban J connectivity index is 1.64. The molecule has 0 saturated heterocycles. The Bertz CT molecular complexity index is 1100. The van der Waals surface area contributed by atoms with Crippen LogP contribution in [0.15, 0.2) is 88.9 Å². The lowest BCUT2D eigenvalue weighted by molar-refractivity contribution is 0.0955. The SMILES string of the molecule is O=C(N/N=C\c1ccccc1Cl)c1ccc(NS(=O)(=O)c2ccccc2)cc1. The monoisotopic (exact) mass is 413 g/mol. The average Bonchev–Trinajstić information content (AvgIpc) is 2.70. The van der Waals surface area contributed by atoms with E-state index in [1.54, 1.807) is 36.4 Å². The van der Waals surface area contributed by atoms with Gasteiger partial charge in [0.05, 0.1) is 11.1 Å². The zero-order valence-electron chi connectivity index (χ0n) is 14.5. The van der Waals surface area contributed by atoms with Gasteiger partial charge in [0.1, 0.15) is 0 Å². The molecule has 0 aliphatic rings. The van der Waals surface area contributed by atoms with E-state index in [-0.39, 0.29) is 4.90 Å². The molecule has 0 saturated carbocycles. The molecule has 0 fully saturated rings. The van der Waals surface area contributed by atoms with Gasteiger partial charge in [-0.15, -0.1) is 0 Å². The Hall–Kier alpha value is -3.16. The minimum atomic E-state index is -3.68. The number of anilines is 1. The number of hydrogen-bond acceptors (Lipinski definition) is 4. The molecule has 8 heteroatoms. The zero-order chi connectivity index (χ0) is 20.0. The Morgan fingerprint density at radius 3 is 2.21 bits per heavy atom. The van der Waals surface area contributed by atoms with Gasteiger partial charge in [0.2, 0.25) is 0 Å². The summed E-state index contributed by atoms with van der Waals surface area (Å²) in [5, 5.41) is 4.40. The average molecular weight is 414 g/mol. The minimum absolute atomic E-state index is 0.158. The summed E-state index contributed by atoms with van der Waals surface area (Å²) < 4.78 is 27.1. The number of rotatable bonds is 6. The van der Waals surface area contributed by atoms with E-state index in [0.29, 0.717) is 21.8 Å². The van der Waals surface area contributed by atoms with Crippen LogP contribution in [0, 0.1) is 0 Å². The number of hydrazone groups is 1. The summed E-state index contributed by atoms with van der Waals surface area (Å²) in [6.07, 6.45) is 1.45. The Morgan fingerprint density at radius 1 is 0.893 bits per heavy atom. The van der Waals surface area contributed by atoms with Gasteiger partial charge in [-0.05, 0) is 42.5 Å². The predicted molar refractivity (Wildman–Crippen MR) is 110 cm³/mol. The maximum absolute atomic E-state index is 12.3. The zero-order valence-corrected chi connectivity index (χ0v) is 16.1. The molecule has 0 spiro atoms. The highest BCUT2D eigenvalue weighted by Gasteiger charge is 2.13. The van der Waals surface area contributed by atoms with Crippen molar-refractivity contribution in [1.82, 2.24) is 5.43 Å². The van der Waals surface area contributed by atoms with Crippen molar-refractivity contribution in [1.29, 1.82) is 0 Å². The van der Waals surface area contributed by atoms with Gasteiger partial charge in [0.25, 0.3) is 15.9 Å². The molecule has 142 valence electrons. The summed E-state index contributed by atoms with van der Waals surface area (Å²) in [6.45, 7) is 0. The van der Waals surface area contributed by atoms with Crippen molar-refractivity contribution in [3.05, 3.63) is 95.0 Å². The second kappa shape index (κ2) is 8.69. The van der Waals surface area contributed by atoms with E-state index >= 15 is 0 Å². The van der Waals surface area contributed by atoms with E-state index in [1.165, 1.54) is 42.6 Å². The van der Waals surface area contributed by atoms with E-state index < -0.39 is 15.9 Å². The van der Waals surface area contributed by atoms with Crippen molar-refractivity contribution in [3.63, 3.8) is 0 Å². The number of carbonyl (C=O) groups excluding carboxylic acids is 1. The van der Waals surface area contributed by atoms with E-state index in [1.807, 2.05) is 6.07 Å². The highest BCUT2D eigenvalue weighted by molar-refractivity contribution is 7.92. The predicted octanol–water partition coefficient (Wildman–Crippen LogP) is 3.90. The van der Waals surface area contributed by atoms with Crippen LogP contribution >= 0.6 is 11.6 Å². The maximum atomic E-state index is 12.3. The quantitative estimate of drug-likeness (QED) is 0.474. The molecule has 0 radical (unpaired) electrons. The lowest BCUT2D eigenvalue weighted by Gasteiger charge is -2.08. The summed E-state index contributed by atoms with van der Waals surface area (Å²) in [6, 6.07) is 21.1. The van der Waals surface area contributed by atoms with Crippen LogP contribution in [0.4, 0.5) is 5.69 Å². The number of nitrogens with zero attached hydrogens (tertiary/aromatic N) is 1. The van der Waals surface area contributed by atoms with Crippen LogP contribution in [0.2, 0.25) is 5.02 Å². The Morgan fingerprint density at radius 2 is 1.54 bits per heavy atom. The number of benzene rings is 3. The molecule has 0 bridgehead atoms. The molecule has 0 atom stereocenters. The van der Waals surface area contributed by atoms with Crippen LogP contribution < -0.4 is 10.1 Å². The van der Waals surface area contributed by atoms with Crippen molar-refractivity contribution in [2.75, 3.05) is 4.72 Å². The highest BCUT2D eigenvalue weighted by Crippen LogP contribution is 2.16. The Kier molecular flexibility index (Phi) is 6.08. The fourth-order valence-electron chi connectivity index (χ4n) is 2.31. The molecule has 3 rings (SSSR count). The third kappa shape index (κ3) is 4.97. The van der Waals surface area contributed by atoms with Gasteiger partial charge in [-0.25, -0.2) is 13.8 Å². The normalized spacial score (nSPS) is 11.3. The molecule has 6 nitrogen and oxygen atoms in total. The van der Waals surface area contributed by atoms with Gasteiger partial charge in [0, 0.05) is 21.8 Å². The van der Waals surface area contributed by atoms with Gasteiger partial charge < -0.3 is 0 Å². The molecule has 0 unspecified atom stereocenters. The van der Waals surface area contributed by atoms with Crippen LogP contribution in [-0.4, -0.2) is 20.5 Å². The van der Waals surface area contributed by atoms with E-state index in [4.69, 9.17) is 11.6 Å². The fraction of sp³-hybridized carbons (Fsp3) is 0. The summed E-state index contributed by atoms with van der Waals surface area (Å²) >= 11 is 6.01. The number of nitrogens with one attached hydrogen (secondary N) is 2. The topological polar surface area (TPSA) is 87.6 Å². The number of halogens is 1. The standard InChI is InChI=1S/C20H16ClN3O3S/c21-19-9-5-4-6-16(19)14-22-23-20(25)15-10-12-17(13-11-15)24-28(26,27)18-7-2-1-3-8-18/h1-14,24H,(H,23,25)/b22-14-. The molecule has 1 amide bonds. The molecule has 0 aliphatic heterocycles. The molecule has 0 aromatic heterocycles. The summed E-state index contributed by atoms with van der Waals surface area (Å²) in [4.78, 5) is 12.3. The van der Waals surface area contributed by atoms with Gasteiger partial charge in [0.15, 0.2) is 0 Å². The third-order valence-corrected chi connectivity index (χ3v) is 5.47. The summed E-state index contributed by atoms with van der Waals surface area (Å²) in [5.41, 5.74) is 3.76. The van der Waals surface area contributed by atoms with Crippen LogP contribution in [0.1, 0.15) is 15.9 Å². The van der Waals surface area contributed by atoms with Gasteiger partial charge in [-0.3, -0.25) is 9.52 Å². The van der Waals surface area contributed by atoms with Crippen molar-refractivity contribution in [2.45, 2.75) is 4.90 Å². The van der Waals surface area contributed by atoms with Gasteiger partial charge in [-0.2, -0.15) is 5.10 Å². The van der Waals surface area contributed by atoms with Crippen molar-refractivity contribution < 1.29 is 13.2 Å². The van der Waals surface area contributed by atoms with E-state index in [9.17, 15) is 13.2 Å². The molecule has 2 N–H and O–H groups in total. The minimum Gasteiger partial charge on any atom is -0.280 e. The molecule has 28 heavy (non-hydrogen) atoms. The molecular formula is C20H16ClN3O3S. The number of carbonyl (C=O) groups is 1. The first-order chi connectivity index (χ1) is 13.5. The number of sulfonamides is 1. The van der Waals surface area contributed by atoms with Crippen LogP contribution in [0.5, 0.6) is 0 Å². The second-order valence-corrected chi connectivity index (χ2v) is 7.81. The van der Waals surface area contributed by atoms with Crippen molar-refractivity contribution >= 4 is 39.4 Å². The molecule has 0 aliphatic carbocycles. The molecule has 0 heterocycles. The first-order valence-corrected chi connectivity index (χ1v) is 10.1. The summed E-state index contributed by atoms with van der Waals surface area (Å²) in [7, 11) is -3.68. The second-order valence-electron chi connectivity index (χ2n) is 5.72. The van der Waals surface area contributed by atoms with Crippen LogP contribution in [0.3, 0.4) is 0 Å². The van der Waals surface area contributed by atoms with Gasteiger partial charge >= 0.3 is 0 Å². The van der Waals surface area contributed by atoms with Crippen molar-refractivity contribution in [2.24, 2.45) is 5.10 Å². The smallest absolute Gasteiger partial charge is 0.271 e. The lowest BCUT2D eigenvalue weighted by Crippen LogP contribution is -2.18. The summed E-state index contributed by atoms with van der Waals surface area (Å²) in [5.74, 6) is -0.430. The third-order valence-electron chi connectivity index (χ3n) is 3.73. The fourth-order valence-corrected chi connectivity index (χ4v) is 3.57. The number of amides is 1. The van der Waals surface area contributed by atoms with Crippen LogP contribution in [-0.2, 0) is 10.0 Å². The first-order valence-electron chi connectivity index (χ1n) is 8.21. The van der Waals surface area contributed by atoms with E-state index in [0.717, 1.165) is 0 Å². The highest BCUT2D eigenvalue weighted by atomic mass is 35.5. The first kappa shape index (κ1) is 19.6. The number of hydrogen-bond donors (Lipinski definition) is 2. The largest absolute Gasteiger partial charge is 0.280 e. The molecular weight excluding hydrogens is 398 g/mol.